The lowest BCUT2D eigenvalue weighted by molar-refractivity contribution is 0.0709. The summed E-state index contributed by atoms with van der Waals surface area (Å²) in [6.45, 7) is 2.61. The Bertz CT molecular complexity index is 688. The maximum atomic E-state index is 12.3. The largest absolute Gasteiger partial charge is 0.338 e. The number of aromatic nitrogens is 1. The van der Waals surface area contributed by atoms with Crippen LogP contribution >= 0.6 is 0 Å². The Morgan fingerprint density at radius 2 is 1.95 bits per heavy atom. The van der Waals surface area contributed by atoms with Gasteiger partial charge in [-0.3, -0.25) is 9.59 Å². The van der Waals surface area contributed by atoms with Gasteiger partial charge in [-0.15, -0.1) is 0 Å². The zero-order valence-corrected chi connectivity index (χ0v) is 12.9. The molecule has 0 aliphatic carbocycles. The van der Waals surface area contributed by atoms with E-state index in [0.29, 0.717) is 31.6 Å². The van der Waals surface area contributed by atoms with Crippen LogP contribution < -0.4 is 10.3 Å². The van der Waals surface area contributed by atoms with E-state index in [1.165, 1.54) is 6.07 Å². The molecule has 0 spiro atoms. The van der Waals surface area contributed by atoms with E-state index >= 15 is 0 Å². The van der Waals surface area contributed by atoms with Crippen molar-refractivity contribution < 1.29 is 13.2 Å². The Labute approximate surface area is 123 Å². The average Bonchev–Trinajstić information content (AvgIpc) is 2.37. The molecule has 1 aliphatic rings. The van der Waals surface area contributed by atoms with Gasteiger partial charge in [-0.25, -0.2) is 13.1 Å². The number of hydrogen-bond donors (Lipinski definition) is 2. The topological polar surface area (TPSA) is 99.3 Å². The number of carbonyl (C=O) groups excluding carboxylic acids is 1. The third-order valence-electron chi connectivity index (χ3n) is 3.45. The first-order valence-corrected chi connectivity index (χ1v) is 8.62. The van der Waals surface area contributed by atoms with Crippen LogP contribution in [0.1, 0.15) is 28.9 Å². The molecule has 2 N–H and O–H groups in total. The first-order valence-electron chi connectivity index (χ1n) is 6.73. The highest BCUT2D eigenvalue weighted by atomic mass is 32.2. The number of aryl methyl sites for hydroxylation is 1. The van der Waals surface area contributed by atoms with Gasteiger partial charge in [-0.1, -0.05) is 0 Å². The monoisotopic (exact) mass is 313 g/mol. The molecule has 1 saturated heterocycles. The van der Waals surface area contributed by atoms with Gasteiger partial charge in [0.05, 0.1) is 6.26 Å². The molecule has 116 valence electrons. The standard InChI is InChI=1S/C13H19N3O4S/c1-9-3-4-11(12(17)14-9)13(18)16-7-5-10(6-8-16)15-21(2,19)20/h3-4,10,15H,5-8H2,1-2H3,(H,14,17). The van der Waals surface area contributed by atoms with Crippen LogP contribution in [-0.4, -0.2) is 49.6 Å². The Hall–Kier alpha value is -1.67. The molecular weight excluding hydrogens is 294 g/mol. The number of pyridine rings is 1. The van der Waals surface area contributed by atoms with E-state index in [-0.39, 0.29) is 17.5 Å². The van der Waals surface area contributed by atoms with Crippen molar-refractivity contribution >= 4 is 15.9 Å². The van der Waals surface area contributed by atoms with Crippen molar-refractivity contribution in [1.82, 2.24) is 14.6 Å². The van der Waals surface area contributed by atoms with Gasteiger partial charge in [-0.05, 0) is 31.9 Å². The fourth-order valence-corrected chi connectivity index (χ4v) is 3.26. The minimum absolute atomic E-state index is 0.120. The highest BCUT2D eigenvalue weighted by Crippen LogP contribution is 2.13. The molecular formula is C13H19N3O4S. The molecule has 1 fully saturated rings. The van der Waals surface area contributed by atoms with Gasteiger partial charge in [0.15, 0.2) is 0 Å². The van der Waals surface area contributed by atoms with E-state index in [1.807, 2.05) is 0 Å². The minimum Gasteiger partial charge on any atom is -0.338 e. The number of piperidine rings is 1. The molecule has 1 aromatic heterocycles. The first-order chi connectivity index (χ1) is 9.76. The molecule has 0 aromatic carbocycles. The number of nitrogens with one attached hydrogen (secondary N) is 2. The van der Waals surface area contributed by atoms with Crippen LogP contribution in [-0.2, 0) is 10.0 Å². The van der Waals surface area contributed by atoms with Gasteiger partial charge in [0.1, 0.15) is 5.56 Å². The molecule has 0 atom stereocenters. The summed E-state index contributed by atoms with van der Waals surface area (Å²) in [5.74, 6) is -0.311. The predicted molar refractivity (Wildman–Crippen MR) is 78.7 cm³/mol. The lowest BCUT2D eigenvalue weighted by Gasteiger charge is -2.31. The molecule has 1 amide bonds. The maximum Gasteiger partial charge on any atom is 0.260 e. The summed E-state index contributed by atoms with van der Waals surface area (Å²) in [5.41, 5.74) is 0.430. The van der Waals surface area contributed by atoms with Crippen LogP contribution in [0.2, 0.25) is 0 Å². The van der Waals surface area contributed by atoms with Gasteiger partial charge in [0.2, 0.25) is 10.0 Å². The summed E-state index contributed by atoms with van der Waals surface area (Å²) in [4.78, 5) is 28.3. The maximum absolute atomic E-state index is 12.3. The van der Waals surface area contributed by atoms with Crippen molar-refractivity contribution in [1.29, 1.82) is 0 Å². The second-order valence-electron chi connectivity index (χ2n) is 5.34. The highest BCUT2D eigenvalue weighted by Gasteiger charge is 2.26. The number of amides is 1. The third-order valence-corrected chi connectivity index (χ3v) is 4.21. The van der Waals surface area contributed by atoms with E-state index in [4.69, 9.17) is 0 Å². The number of nitrogens with zero attached hydrogens (tertiary/aromatic N) is 1. The minimum atomic E-state index is -3.23. The van der Waals surface area contributed by atoms with E-state index in [1.54, 1.807) is 17.9 Å². The van der Waals surface area contributed by atoms with Crippen LogP contribution in [0.4, 0.5) is 0 Å². The van der Waals surface area contributed by atoms with E-state index in [2.05, 4.69) is 9.71 Å². The van der Waals surface area contributed by atoms with E-state index in [0.717, 1.165) is 6.26 Å². The zero-order valence-electron chi connectivity index (χ0n) is 12.0. The highest BCUT2D eigenvalue weighted by molar-refractivity contribution is 7.88. The van der Waals surface area contributed by atoms with Crippen LogP contribution in [0, 0.1) is 6.92 Å². The van der Waals surface area contributed by atoms with Crippen molar-refractivity contribution in [3.63, 3.8) is 0 Å². The molecule has 0 radical (unpaired) electrons. The molecule has 7 nitrogen and oxygen atoms in total. The summed E-state index contributed by atoms with van der Waals surface area (Å²) in [7, 11) is -3.23. The molecule has 0 unspecified atom stereocenters. The molecule has 2 rings (SSSR count). The van der Waals surface area contributed by atoms with E-state index < -0.39 is 15.6 Å². The van der Waals surface area contributed by atoms with Crippen LogP contribution in [0.15, 0.2) is 16.9 Å². The van der Waals surface area contributed by atoms with Gasteiger partial charge in [0, 0.05) is 24.8 Å². The van der Waals surface area contributed by atoms with Crippen LogP contribution in [0.25, 0.3) is 0 Å². The second-order valence-corrected chi connectivity index (χ2v) is 7.12. The second kappa shape index (κ2) is 5.98. The number of hydrogen-bond acceptors (Lipinski definition) is 4. The summed E-state index contributed by atoms with van der Waals surface area (Å²) in [5, 5.41) is 0. The molecule has 0 bridgehead atoms. The Morgan fingerprint density at radius 3 is 2.48 bits per heavy atom. The summed E-state index contributed by atoms with van der Waals surface area (Å²) < 4.78 is 24.9. The first kappa shape index (κ1) is 15.7. The van der Waals surface area contributed by atoms with Gasteiger partial charge in [-0.2, -0.15) is 0 Å². The number of sulfonamides is 1. The smallest absolute Gasteiger partial charge is 0.260 e. The quantitative estimate of drug-likeness (QED) is 0.809. The summed E-state index contributed by atoms with van der Waals surface area (Å²) in [6.07, 6.45) is 2.21. The van der Waals surface area contributed by atoms with Crippen molar-refractivity contribution in [2.75, 3.05) is 19.3 Å². The van der Waals surface area contributed by atoms with Gasteiger partial charge < -0.3 is 9.88 Å². The van der Waals surface area contributed by atoms with Gasteiger partial charge >= 0.3 is 0 Å². The fraction of sp³-hybridized carbons (Fsp3) is 0.538. The molecule has 1 aromatic rings. The molecule has 1 aliphatic heterocycles. The SMILES string of the molecule is Cc1ccc(C(=O)N2CCC(NS(C)(=O)=O)CC2)c(=O)[nH]1. The molecule has 0 saturated carbocycles. The number of likely N-dealkylation sites (tertiary alicyclic amines) is 1. The van der Waals surface area contributed by atoms with Crippen molar-refractivity contribution in [2.45, 2.75) is 25.8 Å². The lowest BCUT2D eigenvalue weighted by atomic mass is 10.1. The fourth-order valence-electron chi connectivity index (χ4n) is 2.41. The molecule has 2 heterocycles. The van der Waals surface area contributed by atoms with Crippen LogP contribution in [0.5, 0.6) is 0 Å². The Morgan fingerprint density at radius 1 is 1.33 bits per heavy atom. The van der Waals surface area contributed by atoms with Crippen molar-refractivity contribution in [2.24, 2.45) is 0 Å². The van der Waals surface area contributed by atoms with Crippen molar-refractivity contribution in [3.05, 3.63) is 33.7 Å². The molecule has 21 heavy (non-hydrogen) atoms. The number of carbonyl (C=O) groups is 1. The Kier molecular flexibility index (Phi) is 4.48. The summed E-state index contributed by atoms with van der Waals surface area (Å²) >= 11 is 0. The third kappa shape index (κ3) is 4.15. The number of H-pyrrole nitrogens is 1. The average molecular weight is 313 g/mol. The predicted octanol–water partition coefficient (Wildman–Crippen LogP) is -0.163. The van der Waals surface area contributed by atoms with E-state index in [9.17, 15) is 18.0 Å². The lowest BCUT2D eigenvalue weighted by Crippen LogP contribution is -2.47. The van der Waals surface area contributed by atoms with Crippen molar-refractivity contribution in [3.8, 4) is 0 Å². The zero-order chi connectivity index (χ0) is 15.6. The number of rotatable bonds is 3. The molecule has 8 heteroatoms. The van der Waals surface area contributed by atoms with Crippen LogP contribution in [0.3, 0.4) is 0 Å². The summed E-state index contributed by atoms with van der Waals surface area (Å²) in [6, 6.07) is 3.06. The normalized spacial score (nSPS) is 17.0. The number of aromatic amines is 1. The Balaban J connectivity index is 2.02. The van der Waals surface area contributed by atoms with Gasteiger partial charge in [0.25, 0.3) is 11.5 Å².